The minimum absolute atomic E-state index is 0. The van der Waals surface area contributed by atoms with Crippen LogP contribution in [-0.4, -0.2) is 46.3 Å². The molecule has 8 bridgehead atoms. The van der Waals surface area contributed by atoms with Gasteiger partial charge in [0.25, 0.3) is 0 Å². The molecule has 0 saturated heterocycles. The maximum absolute atomic E-state index is 11.6. The molecule has 4 unspecified atom stereocenters. The number of aromatic nitrogens is 2. The standard InChI is InChI=1S/C34H46N4O4.Pd/c1-7-21-17(3)25-13-26-19(5)23(9-11-33(39)40)31(37-26)16-32-24(10-12-34(41)42)20(6)28(38-32)15-30-22(8-2)18(4)27(36-30)14-29(21)35-25;/h25,28-29,32,35,38H,7-16H2,1-6H3,(H,39,40)(H,41,42);/q-2;+2. The molecular weight excluding hydrogens is 635 g/mol. The van der Waals surface area contributed by atoms with Gasteiger partial charge in [-0.2, -0.15) is 22.8 Å². The molecular formula is C34H46N4O4Pd. The second-order valence-electron chi connectivity index (χ2n) is 12.5. The molecule has 9 heteroatoms. The average molecular weight is 681 g/mol. The number of rotatable bonds is 8. The molecule has 0 spiro atoms. The largest absolute Gasteiger partial charge is 2.00 e. The van der Waals surface area contributed by atoms with Crippen LogP contribution in [0.4, 0.5) is 0 Å². The smallest absolute Gasteiger partial charge is 0.664 e. The molecule has 2 aromatic heterocycles. The first-order valence-electron chi connectivity index (χ1n) is 15.6. The van der Waals surface area contributed by atoms with E-state index in [1.165, 1.54) is 33.5 Å². The van der Waals surface area contributed by atoms with Crippen molar-refractivity contribution in [2.45, 2.75) is 130 Å². The summed E-state index contributed by atoms with van der Waals surface area (Å²) in [7, 11) is 0. The van der Waals surface area contributed by atoms with E-state index in [1.54, 1.807) is 0 Å². The van der Waals surface area contributed by atoms with Gasteiger partial charge in [0.2, 0.25) is 0 Å². The number of hydrogen-bond donors (Lipinski definition) is 4. The van der Waals surface area contributed by atoms with Gasteiger partial charge in [-0.15, -0.1) is 0 Å². The predicted molar refractivity (Wildman–Crippen MR) is 163 cm³/mol. The maximum Gasteiger partial charge on any atom is 2.00 e. The third-order valence-corrected chi connectivity index (χ3v) is 10.2. The Balaban J connectivity index is 0.00000423. The van der Waals surface area contributed by atoms with E-state index in [-0.39, 0.29) is 57.4 Å². The van der Waals surface area contributed by atoms with E-state index < -0.39 is 11.9 Å². The van der Waals surface area contributed by atoms with Crippen molar-refractivity contribution < 1.29 is 40.2 Å². The minimum Gasteiger partial charge on any atom is -0.664 e. The molecule has 236 valence electrons. The summed E-state index contributed by atoms with van der Waals surface area (Å²) < 4.78 is 0. The molecule has 2 aromatic rings. The first-order chi connectivity index (χ1) is 20.0. The van der Waals surface area contributed by atoms with Crippen LogP contribution in [0.5, 0.6) is 0 Å². The van der Waals surface area contributed by atoms with Gasteiger partial charge < -0.3 is 30.8 Å². The molecule has 4 N–H and O–H groups in total. The topological polar surface area (TPSA) is 127 Å². The second-order valence-corrected chi connectivity index (χ2v) is 12.5. The number of fused-ring (bicyclic) bond motifs is 8. The van der Waals surface area contributed by atoms with Crippen LogP contribution in [-0.2, 0) is 68.5 Å². The molecule has 0 aromatic carbocycles. The summed E-state index contributed by atoms with van der Waals surface area (Å²) in [5, 5.41) is 26.8. The Morgan fingerprint density at radius 1 is 0.651 bits per heavy atom. The summed E-state index contributed by atoms with van der Waals surface area (Å²) in [6.45, 7) is 13.1. The van der Waals surface area contributed by atoms with Crippen LogP contribution in [0.15, 0.2) is 22.3 Å². The molecule has 3 aliphatic heterocycles. The van der Waals surface area contributed by atoms with Gasteiger partial charge in [-0.25, -0.2) is 0 Å². The average Bonchev–Trinajstić information content (AvgIpc) is 3.59. The molecule has 0 radical (unpaired) electrons. The van der Waals surface area contributed by atoms with Crippen LogP contribution < -0.4 is 20.6 Å². The summed E-state index contributed by atoms with van der Waals surface area (Å²) in [5.74, 6) is -1.61. The Morgan fingerprint density at radius 3 is 1.65 bits per heavy atom. The molecule has 5 heterocycles. The zero-order valence-corrected chi connectivity index (χ0v) is 27.9. The minimum atomic E-state index is -0.812. The Bertz CT molecular complexity index is 1450. The van der Waals surface area contributed by atoms with Crippen molar-refractivity contribution in [2.24, 2.45) is 0 Å². The summed E-state index contributed by atoms with van der Waals surface area (Å²) in [5.41, 5.74) is 14.3. The van der Waals surface area contributed by atoms with Gasteiger partial charge in [0.05, 0.1) is 0 Å². The van der Waals surface area contributed by atoms with Crippen LogP contribution in [0.1, 0.15) is 98.4 Å². The molecule has 0 aliphatic carbocycles. The molecule has 0 saturated carbocycles. The molecule has 43 heavy (non-hydrogen) atoms. The van der Waals surface area contributed by atoms with E-state index in [0.717, 1.165) is 65.9 Å². The third-order valence-electron chi connectivity index (χ3n) is 10.2. The van der Waals surface area contributed by atoms with Gasteiger partial charge in [0.15, 0.2) is 0 Å². The van der Waals surface area contributed by atoms with Crippen LogP contribution in [0.2, 0.25) is 0 Å². The molecule has 5 rings (SSSR count). The van der Waals surface area contributed by atoms with Crippen LogP contribution >= 0.6 is 0 Å². The van der Waals surface area contributed by atoms with Gasteiger partial charge in [0, 0.05) is 37.0 Å². The normalized spacial score (nSPS) is 23.6. The Hall–Kier alpha value is -2.44. The van der Waals surface area contributed by atoms with E-state index in [0.29, 0.717) is 19.3 Å². The number of carboxylic acids is 2. The number of carboxylic acid groups (broad SMARTS) is 2. The predicted octanol–water partition coefficient (Wildman–Crippen LogP) is 4.27. The molecule has 3 aliphatic rings. The number of nitrogens with zero attached hydrogens (tertiary/aromatic N) is 2. The second kappa shape index (κ2) is 13.7. The zero-order chi connectivity index (χ0) is 30.3. The fraction of sp³-hybridized carbons (Fsp3) is 0.588. The first kappa shape index (κ1) is 33.5. The van der Waals surface area contributed by atoms with E-state index in [1.807, 2.05) is 0 Å². The third kappa shape index (κ3) is 6.66. The molecule has 0 amide bonds. The Morgan fingerprint density at radius 2 is 1.09 bits per heavy atom. The summed E-state index contributed by atoms with van der Waals surface area (Å²) in [6.07, 6.45) is 6.01. The van der Waals surface area contributed by atoms with Crippen LogP contribution in [0, 0.1) is 13.8 Å². The first-order valence-corrected chi connectivity index (χ1v) is 15.6. The number of nitrogens with one attached hydrogen (secondary N) is 2. The van der Waals surface area contributed by atoms with E-state index in [4.69, 9.17) is 9.97 Å². The van der Waals surface area contributed by atoms with Crippen molar-refractivity contribution in [3.63, 3.8) is 0 Å². The Kier molecular flexibility index (Phi) is 10.6. The molecule has 4 atom stereocenters. The summed E-state index contributed by atoms with van der Waals surface area (Å²) in [6, 6.07) is 0.433. The zero-order valence-electron chi connectivity index (χ0n) is 26.3. The van der Waals surface area contributed by atoms with E-state index >= 15 is 0 Å². The fourth-order valence-electron chi connectivity index (χ4n) is 7.81. The quantitative estimate of drug-likeness (QED) is 0.241. The van der Waals surface area contributed by atoms with Crippen molar-refractivity contribution in [2.75, 3.05) is 0 Å². The van der Waals surface area contributed by atoms with Gasteiger partial charge in [0.1, 0.15) is 0 Å². The molecule has 8 nitrogen and oxygen atoms in total. The van der Waals surface area contributed by atoms with Gasteiger partial charge >= 0.3 is 32.4 Å². The van der Waals surface area contributed by atoms with Crippen molar-refractivity contribution in [3.05, 3.63) is 67.3 Å². The monoisotopic (exact) mass is 680 g/mol. The van der Waals surface area contributed by atoms with Crippen LogP contribution in [0.25, 0.3) is 0 Å². The summed E-state index contributed by atoms with van der Waals surface area (Å²) in [4.78, 5) is 33.6. The molecule has 0 fully saturated rings. The van der Waals surface area contributed by atoms with E-state index in [2.05, 4.69) is 52.2 Å². The van der Waals surface area contributed by atoms with Crippen molar-refractivity contribution >= 4 is 11.9 Å². The SMILES string of the molecule is CCC1=C(C)C2Cc3[n-]c(c(CCC(=O)O)c3C)CC3NC(Cc4[n-]c(c(C)c4CC)CC1N2)C(C)=C3CCC(=O)O.[Pd+2]. The van der Waals surface area contributed by atoms with Crippen LogP contribution in [0.3, 0.4) is 0 Å². The van der Waals surface area contributed by atoms with Crippen molar-refractivity contribution in [1.29, 1.82) is 0 Å². The Labute approximate surface area is 269 Å². The van der Waals surface area contributed by atoms with Gasteiger partial charge in [-0.05, 0) is 79.1 Å². The maximum atomic E-state index is 11.6. The number of hydrogen-bond acceptors (Lipinski definition) is 4. The van der Waals surface area contributed by atoms with Crippen molar-refractivity contribution in [1.82, 2.24) is 20.6 Å². The van der Waals surface area contributed by atoms with Gasteiger partial charge in [-0.3, -0.25) is 9.59 Å². The fourth-order valence-corrected chi connectivity index (χ4v) is 7.81. The number of carbonyl (C=O) groups is 2. The van der Waals surface area contributed by atoms with Crippen molar-refractivity contribution in [3.8, 4) is 0 Å². The number of aliphatic carboxylic acids is 2. The van der Waals surface area contributed by atoms with E-state index in [9.17, 15) is 19.8 Å². The van der Waals surface area contributed by atoms with Gasteiger partial charge in [-0.1, -0.05) is 58.4 Å². The summed E-state index contributed by atoms with van der Waals surface area (Å²) >= 11 is 0.